The number of nitrogens with zero attached hydrogens (tertiary/aromatic N) is 6. The van der Waals surface area contributed by atoms with Crippen LogP contribution < -0.4 is 14.8 Å². The van der Waals surface area contributed by atoms with Crippen molar-refractivity contribution in [3.8, 4) is 17.0 Å². The first kappa shape index (κ1) is 23.9. The molecule has 1 amide bonds. The minimum atomic E-state index is -0.522. The van der Waals surface area contributed by atoms with E-state index in [9.17, 15) is 4.79 Å². The average Bonchev–Trinajstić information content (AvgIpc) is 3.52. The van der Waals surface area contributed by atoms with Crippen LogP contribution in [0.3, 0.4) is 0 Å². The first-order chi connectivity index (χ1) is 17.5. The molecule has 0 atom stereocenters. The van der Waals surface area contributed by atoms with Crippen molar-refractivity contribution in [3.05, 3.63) is 48.4 Å². The number of ether oxygens (including phenoxy) is 1. The summed E-state index contributed by atoms with van der Waals surface area (Å²) in [4.78, 5) is 24.9. The first-order valence-electron chi connectivity index (χ1n) is 11.6. The number of methoxy groups -OCH3 is 1. The normalized spacial score (nSPS) is 13.7. The predicted octanol–water partition coefficient (Wildman–Crippen LogP) is 4.06. The van der Waals surface area contributed by atoms with Crippen LogP contribution in [0.2, 0.25) is 0 Å². The quantitative estimate of drug-likeness (QED) is 0.359. The Bertz CT molecular complexity index is 1410. The van der Waals surface area contributed by atoms with E-state index in [0.29, 0.717) is 34.1 Å². The van der Waals surface area contributed by atoms with Gasteiger partial charge in [-0.05, 0) is 43.3 Å². The van der Waals surface area contributed by atoms with Gasteiger partial charge in [0, 0.05) is 45.1 Å². The lowest BCUT2D eigenvalue weighted by atomic mass is 10.1. The number of piperidine rings is 1. The van der Waals surface area contributed by atoms with E-state index in [1.807, 2.05) is 18.1 Å². The molecule has 1 fully saturated rings. The van der Waals surface area contributed by atoms with E-state index in [1.54, 1.807) is 40.8 Å². The fourth-order valence-electron chi connectivity index (χ4n) is 4.32. The van der Waals surface area contributed by atoms with E-state index in [2.05, 4.69) is 25.1 Å². The summed E-state index contributed by atoms with van der Waals surface area (Å²) in [5.74, 6) is -0.0679. The Kier molecular flexibility index (Phi) is 6.68. The van der Waals surface area contributed by atoms with Gasteiger partial charge in [-0.15, -0.1) is 0 Å². The Balaban J connectivity index is 1.55. The van der Waals surface area contributed by atoms with Crippen molar-refractivity contribution in [1.82, 2.24) is 29.0 Å². The molecule has 0 saturated carbocycles. The number of likely N-dealkylation sites (tertiary alicyclic amines) is 1. The van der Waals surface area contributed by atoms with Gasteiger partial charge in [0.05, 0.1) is 35.8 Å². The molecule has 36 heavy (non-hydrogen) atoms. The molecule has 0 spiro atoms. The van der Waals surface area contributed by atoms with Gasteiger partial charge in [-0.1, -0.05) is 0 Å². The highest BCUT2D eigenvalue weighted by Gasteiger charge is 2.23. The lowest BCUT2D eigenvalue weighted by Gasteiger charge is -2.26. The number of rotatable bonds is 7. The highest BCUT2D eigenvalue weighted by atomic mass is 32.2. The molecule has 1 aliphatic heterocycles. The summed E-state index contributed by atoms with van der Waals surface area (Å²) in [6.07, 6.45) is 9.98. The third-order valence-corrected chi connectivity index (χ3v) is 6.86. The molecular formula is C24H27FN8O2S. The monoisotopic (exact) mass is 510 g/mol. The molecule has 0 unspecified atom stereocenters. The van der Waals surface area contributed by atoms with Crippen molar-refractivity contribution in [2.75, 3.05) is 37.3 Å². The summed E-state index contributed by atoms with van der Waals surface area (Å²) in [5, 5.41) is 7.18. The van der Waals surface area contributed by atoms with E-state index in [0.717, 1.165) is 37.2 Å². The third-order valence-electron chi connectivity index (χ3n) is 6.10. The number of carbonyl (C=O) groups is 1. The van der Waals surface area contributed by atoms with Gasteiger partial charge in [0.1, 0.15) is 5.69 Å². The lowest BCUT2D eigenvalue weighted by Crippen LogP contribution is -2.36. The molecule has 0 aliphatic carbocycles. The Hall–Kier alpha value is -3.80. The number of fused-ring (bicyclic) bond motifs is 1. The second-order valence-electron chi connectivity index (χ2n) is 8.51. The average molecular weight is 511 g/mol. The summed E-state index contributed by atoms with van der Waals surface area (Å²) < 4.78 is 27.1. The van der Waals surface area contributed by atoms with Gasteiger partial charge >= 0.3 is 0 Å². The fourth-order valence-corrected chi connectivity index (χ4v) is 5.01. The van der Waals surface area contributed by atoms with E-state index >= 15 is 4.39 Å². The van der Waals surface area contributed by atoms with Crippen molar-refractivity contribution in [2.24, 2.45) is 7.05 Å². The summed E-state index contributed by atoms with van der Waals surface area (Å²) in [6.45, 7) is 1.44. The Morgan fingerprint density at radius 1 is 1.17 bits per heavy atom. The van der Waals surface area contributed by atoms with Crippen LogP contribution in [0.1, 0.15) is 29.8 Å². The van der Waals surface area contributed by atoms with Gasteiger partial charge in [0.25, 0.3) is 5.91 Å². The highest BCUT2D eigenvalue weighted by Crippen LogP contribution is 2.37. The van der Waals surface area contributed by atoms with Gasteiger partial charge < -0.3 is 19.7 Å². The number of nitrogens with one attached hydrogen (secondary N) is 2. The molecule has 0 bridgehead atoms. The molecule has 12 heteroatoms. The summed E-state index contributed by atoms with van der Waals surface area (Å²) >= 11 is 1.30. The maximum absolute atomic E-state index is 15.1. The largest absolute Gasteiger partial charge is 0.492 e. The van der Waals surface area contributed by atoms with E-state index in [1.165, 1.54) is 25.1 Å². The molecule has 4 aromatic rings. The number of aryl methyl sites for hydroxylation is 1. The van der Waals surface area contributed by atoms with Crippen LogP contribution in [0.25, 0.3) is 16.9 Å². The molecule has 188 valence electrons. The number of imidazole rings is 1. The van der Waals surface area contributed by atoms with Crippen molar-refractivity contribution in [1.29, 1.82) is 0 Å². The van der Waals surface area contributed by atoms with Gasteiger partial charge in [0.15, 0.2) is 23.0 Å². The van der Waals surface area contributed by atoms with Crippen LogP contribution in [0.5, 0.6) is 5.75 Å². The molecule has 2 N–H and O–H groups in total. The molecule has 3 aromatic heterocycles. The molecule has 5 rings (SSSR count). The van der Waals surface area contributed by atoms with Gasteiger partial charge in [-0.3, -0.25) is 13.9 Å². The van der Waals surface area contributed by atoms with Crippen LogP contribution in [0, 0.1) is 5.82 Å². The summed E-state index contributed by atoms with van der Waals surface area (Å²) in [7, 11) is 4.99. The molecule has 0 radical (unpaired) electrons. The number of carbonyl (C=O) groups excluding carboxylic acids is 1. The van der Waals surface area contributed by atoms with E-state index in [-0.39, 0.29) is 11.7 Å². The standard InChI is InChI=1S/C24H27FN8O2S/c1-26-22-23-27-12-20(33(23)14-19(29-22)24(34)32-7-5-4-6-8-32)15-9-17(25)21(35-3)18(10-15)30-36-16-11-28-31(2)13-16/h9-14,30H,4-8H2,1-3H3,(H,26,29). The van der Waals surface area contributed by atoms with Crippen LogP contribution >= 0.6 is 11.9 Å². The zero-order valence-corrected chi connectivity index (χ0v) is 21.1. The smallest absolute Gasteiger partial charge is 0.274 e. The number of hydrogen-bond donors (Lipinski definition) is 2. The van der Waals surface area contributed by atoms with Crippen LogP contribution in [0.4, 0.5) is 15.9 Å². The number of aromatic nitrogens is 5. The summed E-state index contributed by atoms with van der Waals surface area (Å²) in [5.41, 5.74) is 2.50. The SMILES string of the molecule is CNc1nc(C(=O)N2CCCCC2)cn2c(-c3cc(F)c(OC)c(NSc4cnn(C)c4)c3)cnc12. The van der Waals surface area contributed by atoms with Crippen molar-refractivity contribution < 1.29 is 13.9 Å². The van der Waals surface area contributed by atoms with Gasteiger partial charge in [0.2, 0.25) is 0 Å². The van der Waals surface area contributed by atoms with E-state index < -0.39 is 5.82 Å². The number of hydrogen-bond acceptors (Lipinski definition) is 8. The Morgan fingerprint density at radius 3 is 2.67 bits per heavy atom. The number of halogens is 1. The molecule has 10 nitrogen and oxygen atoms in total. The van der Waals surface area contributed by atoms with Crippen LogP contribution in [0.15, 0.2) is 41.8 Å². The van der Waals surface area contributed by atoms with Gasteiger partial charge in [-0.2, -0.15) is 5.10 Å². The molecule has 1 aliphatic rings. The lowest BCUT2D eigenvalue weighted by molar-refractivity contribution is 0.0718. The maximum atomic E-state index is 15.1. The number of benzene rings is 1. The number of anilines is 2. The van der Waals surface area contributed by atoms with Crippen LogP contribution in [-0.4, -0.2) is 62.2 Å². The second kappa shape index (κ2) is 10.1. The Labute approximate surface area is 212 Å². The van der Waals surface area contributed by atoms with Crippen molar-refractivity contribution in [2.45, 2.75) is 24.2 Å². The van der Waals surface area contributed by atoms with Gasteiger partial charge in [-0.25, -0.2) is 14.4 Å². The van der Waals surface area contributed by atoms with Crippen LogP contribution in [-0.2, 0) is 7.05 Å². The number of amides is 1. The molecule has 4 heterocycles. The van der Waals surface area contributed by atoms with Crippen molar-refractivity contribution in [3.63, 3.8) is 0 Å². The first-order valence-corrected chi connectivity index (χ1v) is 12.4. The molecular weight excluding hydrogens is 483 g/mol. The zero-order chi connectivity index (χ0) is 25.2. The summed E-state index contributed by atoms with van der Waals surface area (Å²) in [6, 6.07) is 3.19. The highest BCUT2D eigenvalue weighted by molar-refractivity contribution is 8.00. The molecule has 1 aromatic carbocycles. The third kappa shape index (κ3) is 4.55. The fraction of sp³-hybridized carbons (Fsp3) is 0.333. The second-order valence-corrected chi connectivity index (χ2v) is 9.39. The van der Waals surface area contributed by atoms with Crippen molar-refractivity contribution >= 4 is 35.0 Å². The predicted molar refractivity (Wildman–Crippen MR) is 137 cm³/mol. The maximum Gasteiger partial charge on any atom is 0.274 e. The topological polar surface area (TPSA) is 102 Å². The minimum absolute atomic E-state index is 0.0995. The minimum Gasteiger partial charge on any atom is -0.492 e. The zero-order valence-electron chi connectivity index (χ0n) is 20.3. The van der Waals surface area contributed by atoms with E-state index in [4.69, 9.17) is 4.74 Å². The molecule has 1 saturated heterocycles. The Morgan fingerprint density at radius 2 is 1.97 bits per heavy atom.